The summed E-state index contributed by atoms with van der Waals surface area (Å²) in [5.41, 5.74) is 0. The van der Waals surface area contributed by atoms with Gasteiger partial charge >= 0.3 is 5.97 Å². The molecule has 1 rings (SSSR count). The third-order valence-corrected chi connectivity index (χ3v) is 2.31. The van der Waals surface area contributed by atoms with Crippen LogP contribution in [0.1, 0.15) is 32.1 Å². The van der Waals surface area contributed by atoms with E-state index in [2.05, 4.69) is 0 Å². The highest BCUT2D eigenvalue weighted by molar-refractivity contribution is 5.80. The van der Waals surface area contributed by atoms with Crippen molar-refractivity contribution in [2.45, 2.75) is 32.1 Å². The smallest absolute Gasteiger partial charge is 0.327 e. The Bertz CT molecular complexity index is 230. The number of carbonyl (C=O) groups is 2. The van der Waals surface area contributed by atoms with Crippen molar-refractivity contribution in [2.75, 3.05) is 0 Å². The van der Waals surface area contributed by atoms with Gasteiger partial charge in [0.15, 0.2) is 0 Å². The van der Waals surface area contributed by atoms with Gasteiger partial charge in [0.05, 0.1) is 0 Å². The van der Waals surface area contributed by atoms with E-state index in [0.717, 1.165) is 25.3 Å². The quantitative estimate of drug-likeness (QED) is 0.677. The Hall–Kier alpha value is -1.12. The number of hydrogen-bond acceptors (Lipinski definition) is 2. The van der Waals surface area contributed by atoms with Crippen molar-refractivity contribution in [3.63, 3.8) is 0 Å². The number of aliphatic carboxylic acids is 1. The minimum absolute atomic E-state index is 0.319. The topological polar surface area (TPSA) is 54.4 Å². The van der Waals surface area contributed by atoms with Gasteiger partial charge in [0.2, 0.25) is 0 Å². The predicted molar refractivity (Wildman–Crippen MR) is 48.4 cm³/mol. The number of ketones is 1. The maximum absolute atomic E-state index is 11.0. The average molecular weight is 182 g/mol. The maximum Gasteiger partial charge on any atom is 0.327 e. The van der Waals surface area contributed by atoms with E-state index in [1.807, 2.05) is 0 Å². The molecule has 1 N–H and O–H groups in total. The van der Waals surface area contributed by atoms with Crippen molar-refractivity contribution in [1.82, 2.24) is 0 Å². The molecule has 72 valence electrons. The van der Waals surface area contributed by atoms with Crippen molar-refractivity contribution >= 4 is 11.8 Å². The van der Waals surface area contributed by atoms with E-state index in [1.54, 1.807) is 6.08 Å². The van der Waals surface area contributed by atoms with Gasteiger partial charge in [-0.1, -0.05) is 6.08 Å². The second-order valence-corrected chi connectivity index (χ2v) is 3.48. The molecule has 1 saturated carbocycles. The van der Waals surface area contributed by atoms with Crippen molar-refractivity contribution in [1.29, 1.82) is 0 Å². The van der Waals surface area contributed by atoms with Gasteiger partial charge in [-0.3, -0.25) is 4.79 Å². The van der Waals surface area contributed by atoms with Crippen LogP contribution in [0.5, 0.6) is 0 Å². The number of carboxylic acids is 1. The minimum atomic E-state index is -0.915. The molecule has 1 aliphatic rings. The Morgan fingerprint density at radius 2 is 2.38 bits per heavy atom. The van der Waals surface area contributed by atoms with Crippen LogP contribution >= 0.6 is 0 Å². The highest BCUT2D eigenvalue weighted by Gasteiger charge is 2.17. The molecule has 3 heteroatoms. The molecule has 0 saturated heterocycles. The van der Waals surface area contributed by atoms with Gasteiger partial charge < -0.3 is 5.11 Å². The Labute approximate surface area is 77.4 Å². The van der Waals surface area contributed by atoms with Crippen molar-refractivity contribution in [2.24, 2.45) is 5.92 Å². The molecular formula is C10H14O3. The molecule has 3 nitrogen and oxygen atoms in total. The molecule has 1 unspecified atom stereocenters. The number of allylic oxidation sites excluding steroid dienone is 1. The fraction of sp³-hybridized carbons (Fsp3) is 0.600. The lowest BCUT2D eigenvalue weighted by atomic mass is 9.86. The summed E-state index contributed by atoms with van der Waals surface area (Å²) in [6, 6.07) is 0. The highest BCUT2D eigenvalue weighted by Crippen LogP contribution is 2.24. The van der Waals surface area contributed by atoms with Gasteiger partial charge in [0.25, 0.3) is 0 Å². The lowest BCUT2D eigenvalue weighted by molar-refractivity contribution is -0.131. The van der Waals surface area contributed by atoms with Gasteiger partial charge in [0.1, 0.15) is 5.78 Å². The molecule has 13 heavy (non-hydrogen) atoms. The molecule has 0 aromatic heterocycles. The molecule has 1 fully saturated rings. The van der Waals surface area contributed by atoms with E-state index in [4.69, 9.17) is 5.11 Å². The molecule has 0 spiro atoms. The Kier molecular flexibility index (Phi) is 3.68. The number of rotatable bonds is 3. The van der Waals surface area contributed by atoms with Gasteiger partial charge in [-0.2, -0.15) is 0 Å². The zero-order valence-electron chi connectivity index (χ0n) is 7.53. The summed E-state index contributed by atoms with van der Waals surface area (Å²) < 4.78 is 0. The molecule has 1 aliphatic carbocycles. The third-order valence-electron chi connectivity index (χ3n) is 2.31. The molecule has 0 aliphatic heterocycles. The van der Waals surface area contributed by atoms with Crippen LogP contribution in [-0.4, -0.2) is 16.9 Å². The zero-order valence-corrected chi connectivity index (χ0v) is 7.53. The van der Waals surface area contributed by atoms with Crippen LogP contribution < -0.4 is 0 Å². The number of hydrogen-bond donors (Lipinski definition) is 1. The summed E-state index contributed by atoms with van der Waals surface area (Å²) in [5.74, 6) is -0.223. The van der Waals surface area contributed by atoms with Crippen LogP contribution in [0.15, 0.2) is 12.2 Å². The Morgan fingerprint density at radius 3 is 3.00 bits per heavy atom. The first-order valence-corrected chi connectivity index (χ1v) is 4.59. The van der Waals surface area contributed by atoms with Gasteiger partial charge in [-0.15, -0.1) is 0 Å². The maximum atomic E-state index is 11.0. The molecule has 0 aromatic rings. The normalized spacial score (nSPS) is 23.7. The third kappa shape index (κ3) is 3.87. The summed E-state index contributed by atoms with van der Waals surface area (Å²) in [7, 11) is 0. The largest absolute Gasteiger partial charge is 0.478 e. The standard InChI is InChI=1S/C10H14O3/c11-9-5-1-3-8(7-9)4-2-6-10(12)13/h2,6,8H,1,3-5,7H2,(H,12,13)/b6-2+. The second kappa shape index (κ2) is 4.80. The molecular weight excluding hydrogens is 168 g/mol. The Balaban J connectivity index is 2.28. The SMILES string of the molecule is O=C(O)/C=C/CC1CCCC(=O)C1. The number of Topliss-reactive ketones (excluding diaryl/α,β-unsaturated/α-hetero) is 1. The van der Waals surface area contributed by atoms with Crippen molar-refractivity contribution < 1.29 is 14.7 Å². The van der Waals surface area contributed by atoms with Crippen molar-refractivity contribution in [3.8, 4) is 0 Å². The Morgan fingerprint density at radius 1 is 1.62 bits per heavy atom. The fourth-order valence-corrected chi connectivity index (χ4v) is 1.68. The van der Waals surface area contributed by atoms with Crippen LogP contribution in [0.2, 0.25) is 0 Å². The van der Waals surface area contributed by atoms with Crippen molar-refractivity contribution in [3.05, 3.63) is 12.2 Å². The summed E-state index contributed by atoms with van der Waals surface area (Å²) in [4.78, 5) is 21.2. The summed E-state index contributed by atoms with van der Waals surface area (Å²) >= 11 is 0. The monoisotopic (exact) mass is 182 g/mol. The summed E-state index contributed by atoms with van der Waals surface area (Å²) in [6.45, 7) is 0. The first-order valence-electron chi connectivity index (χ1n) is 4.59. The highest BCUT2D eigenvalue weighted by atomic mass is 16.4. The van der Waals surface area contributed by atoms with Crippen LogP contribution in [-0.2, 0) is 9.59 Å². The van der Waals surface area contributed by atoms with Gasteiger partial charge in [-0.05, 0) is 25.2 Å². The number of carbonyl (C=O) groups excluding carboxylic acids is 1. The minimum Gasteiger partial charge on any atom is -0.478 e. The lowest BCUT2D eigenvalue weighted by Gasteiger charge is -2.18. The average Bonchev–Trinajstić information content (AvgIpc) is 2.03. The first kappa shape index (κ1) is 9.96. The molecule has 0 bridgehead atoms. The first-order chi connectivity index (χ1) is 6.18. The second-order valence-electron chi connectivity index (χ2n) is 3.48. The van der Waals surface area contributed by atoms with Crippen LogP contribution in [0.3, 0.4) is 0 Å². The number of carboxylic acid groups (broad SMARTS) is 1. The lowest BCUT2D eigenvalue weighted by Crippen LogP contribution is -2.14. The van der Waals surface area contributed by atoms with Crippen LogP contribution in [0.4, 0.5) is 0 Å². The molecule has 0 amide bonds. The van der Waals surface area contributed by atoms with E-state index in [0.29, 0.717) is 24.5 Å². The van der Waals surface area contributed by atoms with E-state index >= 15 is 0 Å². The summed E-state index contributed by atoms with van der Waals surface area (Å²) in [6.07, 6.45) is 6.87. The predicted octanol–water partition coefficient (Wildman–Crippen LogP) is 1.78. The zero-order chi connectivity index (χ0) is 9.68. The molecule has 0 heterocycles. The van der Waals surface area contributed by atoms with E-state index in [1.165, 1.54) is 0 Å². The molecule has 1 atom stereocenters. The van der Waals surface area contributed by atoms with Crippen LogP contribution in [0.25, 0.3) is 0 Å². The van der Waals surface area contributed by atoms with E-state index in [9.17, 15) is 9.59 Å². The van der Waals surface area contributed by atoms with Crippen LogP contribution in [0, 0.1) is 5.92 Å². The summed E-state index contributed by atoms with van der Waals surface area (Å²) in [5, 5.41) is 8.34. The van der Waals surface area contributed by atoms with Gasteiger partial charge in [-0.25, -0.2) is 4.79 Å². The molecule has 0 radical (unpaired) electrons. The molecule has 0 aromatic carbocycles. The fourth-order valence-electron chi connectivity index (χ4n) is 1.68. The van der Waals surface area contributed by atoms with Gasteiger partial charge in [0, 0.05) is 18.9 Å². The van der Waals surface area contributed by atoms with E-state index < -0.39 is 5.97 Å². The van der Waals surface area contributed by atoms with E-state index in [-0.39, 0.29) is 0 Å².